The van der Waals surface area contributed by atoms with E-state index in [4.69, 9.17) is 4.74 Å². The fourth-order valence-electron chi connectivity index (χ4n) is 1.99. The molecule has 0 unspecified atom stereocenters. The van der Waals surface area contributed by atoms with E-state index in [2.05, 4.69) is 26.1 Å². The van der Waals surface area contributed by atoms with Crippen molar-refractivity contribution in [3.63, 3.8) is 0 Å². The number of nitrogens with one attached hydrogen (secondary N) is 1. The second-order valence-corrected chi connectivity index (χ2v) is 7.10. The summed E-state index contributed by atoms with van der Waals surface area (Å²) in [5.74, 6) is 0.200. The Morgan fingerprint density at radius 2 is 1.78 bits per heavy atom. The number of ether oxygens (including phenoxy) is 1. The van der Waals surface area contributed by atoms with Gasteiger partial charge in [0.15, 0.2) is 0 Å². The molecular weight excluding hydrogens is 228 g/mol. The largest absolute Gasteiger partial charge is 0.375 e. The van der Waals surface area contributed by atoms with Crippen LogP contribution < -0.4 is 5.32 Å². The molecule has 1 N–H and O–H groups in total. The summed E-state index contributed by atoms with van der Waals surface area (Å²) >= 11 is 0. The van der Waals surface area contributed by atoms with Crippen molar-refractivity contribution in [3.8, 4) is 0 Å². The third-order valence-electron chi connectivity index (χ3n) is 2.72. The monoisotopic (exact) mass is 256 g/mol. The zero-order chi connectivity index (χ0) is 14.0. The minimum atomic E-state index is -0.161. The Morgan fingerprint density at radius 1 is 1.22 bits per heavy atom. The van der Waals surface area contributed by atoms with Crippen LogP contribution in [0.4, 0.5) is 0 Å². The van der Waals surface area contributed by atoms with Crippen LogP contribution in [-0.4, -0.2) is 47.7 Å². The summed E-state index contributed by atoms with van der Waals surface area (Å²) in [7, 11) is 0. The van der Waals surface area contributed by atoms with Crippen molar-refractivity contribution in [1.82, 2.24) is 10.2 Å². The first kappa shape index (κ1) is 15.4. The van der Waals surface area contributed by atoms with Crippen LogP contribution in [0.2, 0.25) is 0 Å². The lowest BCUT2D eigenvalue weighted by Crippen LogP contribution is -2.63. The Balaban J connectivity index is 2.16. The second kappa shape index (κ2) is 5.57. The third-order valence-corrected chi connectivity index (χ3v) is 2.72. The van der Waals surface area contributed by atoms with E-state index in [1.54, 1.807) is 0 Å². The predicted molar refractivity (Wildman–Crippen MR) is 73.6 cm³/mol. The molecule has 1 aliphatic heterocycles. The molecule has 0 spiro atoms. The fourth-order valence-corrected chi connectivity index (χ4v) is 1.99. The molecule has 1 aliphatic rings. The molecule has 1 amide bonds. The van der Waals surface area contributed by atoms with Crippen LogP contribution in [-0.2, 0) is 9.53 Å². The molecule has 1 saturated heterocycles. The topological polar surface area (TPSA) is 41.6 Å². The maximum Gasteiger partial charge on any atom is 0.224 e. The highest BCUT2D eigenvalue weighted by molar-refractivity contribution is 5.77. The molecule has 106 valence electrons. The predicted octanol–water partition coefficient (Wildman–Crippen LogP) is 1.79. The van der Waals surface area contributed by atoms with E-state index in [1.807, 2.05) is 25.7 Å². The maximum atomic E-state index is 11.8. The fraction of sp³-hybridized carbons (Fsp3) is 0.929. The Morgan fingerprint density at radius 3 is 2.22 bits per heavy atom. The van der Waals surface area contributed by atoms with E-state index >= 15 is 0 Å². The van der Waals surface area contributed by atoms with Crippen LogP contribution in [0.3, 0.4) is 0 Å². The molecule has 1 fully saturated rings. The van der Waals surface area contributed by atoms with E-state index in [0.717, 1.165) is 13.1 Å². The maximum absolute atomic E-state index is 11.8. The van der Waals surface area contributed by atoms with Crippen molar-refractivity contribution < 1.29 is 9.53 Å². The Bertz CT molecular complexity index is 283. The van der Waals surface area contributed by atoms with Crippen LogP contribution in [0.1, 0.15) is 48.0 Å². The van der Waals surface area contributed by atoms with Gasteiger partial charge in [-0.15, -0.1) is 0 Å². The summed E-state index contributed by atoms with van der Waals surface area (Å²) in [6, 6.07) is 0.442. The van der Waals surface area contributed by atoms with Gasteiger partial charge in [0.1, 0.15) is 0 Å². The number of hydrogen-bond acceptors (Lipinski definition) is 3. The van der Waals surface area contributed by atoms with Gasteiger partial charge in [-0.3, -0.25) is 4.79 Å². The van der Waals surface area contributed by atoms with Gasteiger partial charge in [0, 0.05) is 24.7 Å². The van der Waals surface area contributed by atoms with Crippen LogP contribution in [0, 0.1) is 0 Å². The van der Waals surface area contributed by atoms with Gasteiger partial charge in [-0.05, 0) is 41.5 Å². The van der Waals surface area contributed by atoms with Crippen LogP contribution in [0.15, 0.2) is 0 Å². The molecule has 0 aromatic rings. The van der Waals surface area contributed by atoms with Gasteiger partial charge in [-0.25, -0.2) is 0 Å². The molecule has 18 heavy (non-hydrogen) atoms. The summed E-state index contributed by atoms with van der Waals surface area (Å²) in [6.45, 7) is 14.6. The summed E-state index contributed by atoms with van der Waals surface area (Å²) in [5.41, 5.74) is -0.0410. The standard InChI is InChI=1S/C14H28N2O2/c1-13(2,3)15-11-9-16(10-11)12(17)7-8-18-14(4,5)6/h11,15H,7-10H2,1-6H3. The van der Waals surface area contributed by atoms with E-state index in [9.17, 15) is 4.79 Å². The smallest absolute Gasteiger partial charge is 0.224 e. The van der Waals surface area contributed by atoms with Crippen molar-refractivity contribution in [1.29, 1.82) is 0 Å². The molecule has 0 aliphatic carbocycles. The van der Waals surface area contributed by atoms with Crippen molar-refractivity contribution in [2.24, 2.45) is 0 Å². The normalized spacial score (nSPS) is 17.8. The quantitative estimate of drug-likeness (QED) is 0.834. The van der Waals surface area contributed by atoms with Crippen molar-refractivity contribution >= 4 is 5.91 Å². The number of rotatable bonds is 4. The van der Waals surface area contributed by atoms with Gasteiger partial charge in [0.2, 0.25) is 5.91 Å². The first-order chi connectivity index (χ1) is 8.07. The molecule has 4 heteroatoms. The lowest BCUT2D eigenvalue weighted by Gasteiger charge is -2.43. The highest BCUT2D eigenvalue weighted by atomic mass is 16.5. The summed E-state index contributed by atoms with van der Waals surface area (Å²) in [4.78, 5) is 13.7. The average molecular weight is 256 g/mol. The van der Waals surface area contributed by atoms with Gasteiger partial charge < -0.3 is 15.0 Å². The van der Waals surface area contributed by atoms with Crippen LogP contribution >= 0.6 is 0 Å². The molecule has 0 radical (unpaired) electrons. The molecule has 0 saturated carbocycles. The Kier molecular flexibility index (Phi) is 4.78. The zero-order valence-corrected chi connectivity index (χ0v) is 12.7. The van der Waals surface area contributed by atoms with Gasteiger partial charge in [0.25, 0.3) is 0 Å². The van der Waals surface area contributed by atoms with Crippen LogP contribution in [0.25, 0.3) is 0 Å². The molecule has 1 rings (SSSR count). The van der Waals surface area contributed by atoms with Crippen molar-refractivity contribution in [2.75, 3.05) is 19.7 Å². The lowest BCUT2D eigenvalue weighted by atomic mass is 10.0. The number of amides is 1. The number of carbonyl (C=O) groups excluding carboxylic acids is 1. The number of hydrogen-bond donors (Lipinski definition) is 1. The van der Waals surface area contributed by atoms with Gasteiger partial charge in [-0.2, -0.15) is 0 Å². The van der Waals surface area contributed by atoms with E-state index in [0.29, 0.717) is 19.1 Å². The molecule has 0 atom stereocenters. The van der Waals surface area contributed by atoms with Crippen molar-refractivity contribution in [2.45, 2.75) is 65.1 Å². The van der Waals surface area contributed by atoms with Crippen LogP contribution in [0.5, 0.6) is 0 Å². The summed E-state index contributed by atoms with van der Waals surface area (Å²) in [5, 5.41) is 3.50. The minimum Gasteiger partial charge on any atom is -0.375 e. The lowest BCUT2D eigenvalue weighted by molar-refractivity contribution is -0.138. The average Bonchev–Trinajstić information content (AvgIpc) is 2.06. The van der Waals surface area contributed by atoms with Gasteiger partial charge in [-0.1, -0.05) is 0 Å². The minimum absolute atomic E-state index is 0.120. The highest BCUT2D eigenvalue weighted by Crippen LogP contribution is 2.14. The third kappa shape index (κ3) is 5.83. The van der Waals surface area contributed by atoms with E-state index < -0.39 is 0 Å². The Hall–Kier alpha value is -0.610. The molecule has 0 aromatic carbocycles. The van der Waals surface area contributed by atoms with Crippen molar-refractivity contribution in [3.05, 3.63) is 0 Å². The number of carbonyl (C=O) groups is 1. The number of nitrogens with zero attached hydrogens (tertiary/aromatic N) is 1. The SMILES string of the molecule is CC(C)(C)NC1CN(C(=O)CCOC(C)(C)C)C1. The Labute approximate surface area is 111 Å². The van der Waals surface area contributed by atoms with Gasteiger partial charge in [0.05, 0.1) is 18.6 Å². The first-order valence-corrected chi connectivity index (χ1v) is 6.76. The molecule has 0 aromatic heterocycles. The first-order valence-electron chi connectivity index (χ1n) is 6.76. The number of likely N-dealkylation sites (tertiary alicyclic amines) is 1. The second-order valence-electron chi connectivity index (χ2n) is 7.10. The highest BCUT2D eigenvalue weighted by Gasteiger charge is 2.32. The summed E-state index contributed by atoms with van der Waals surface area (Å²) in [6.07, 6.45) is 0.486. The molecule has 1 heterocycles. The van der Waals surface area contributed by atoms with E-state index in [-0.39, 0.29) is 17.0 Å². The molecule has 4 nitrogen and oxygen atoms in total. The zero-order valence-electron chi connectivity index (χ0n) is 12.7. The van der Waals surface area contributed by atoms with E-state index in [1.165, 1.54) is 0 Å². The summed E-state index contributed by atoms with van der Waals surface area (Å²) < 4.78 is 5.56. The molecular formula is C14H28N2O2. The molecule has 0 bridgehead atoms. The van der Waals surface area contributed by atoms with Gasteiger partial charge >= 0.3 is 0 Å².